The molecule has 2 aromatic heterocycles. The first-order valence-electron chi connectivity index (χ1n) is 20.5. The molecule has 20 heteroatoms. The number of carbonyl (C=O) groups is 6. The van der Waals surface area contributed by atoms with Gasteiger partial charge in [-0.05, 0) is 112 Å². The van der Waals surface area contributed by atoms with Crippen LogP contribution in [0.4, 0.5) is 26.7 Å². The minimum absolute atomic E-state index is 0.00938. The number of carbonyl (C=O) groups excluding carboxylic acids is 6. The first kappa shape index (κ1) is 45.2. The molecule has 4 heterocycles. The zero-order valence-electron chi connectivity index (χ0n) is 36.4. The van der Waals surface area contributed by atoms with E-state index in [0.29, 0.717) is 58.3 Å². The largest absolute Gasteiger partial charge is 0.455 e. The summed E-state index contributed by atoms with van der Waals surface area (Å²) in [5, 5.41) is 20.6. The SMILES string of the molecule is CC1(CNC(=O)Nc2ccc(C[C@@H](C(=O)Nc3ccc4c(c3)cc(C(=O)OC(C)(C)C)n4C(=O)OC(C)(C)C)N3CCN(c4cc(Cl)ccc4-n4cnnn4)C(=O)C3=O)cc2)COC1. The summed E-state index contributed by atoms with van der Waals surface area (Å²) < 4.78 is 19.0. The van der Waals surface area contributed by atoms with E-state index < -0.39 is 47.0 Å². The average Bonchev–Trinajstić information content (AvgIpc) is 3.88. The summed E-state index contributed by atoms with van der Waals surface area (Å²) in [7, 11) is 0. The van der Waals surface area contributed by atoms with Crippen LogP contribution in [0.2, 0.25) is 5.02 Å². The Bertz CT molecular complexity index is 2610. The van der Waals surface area contributed by atoms with E-state index in [9.17, 15) is 28.8 Å². The first-order chi connectivity index (χ1) is 30.2. The van der Waals surface area contributed by atoms with Crippen LogP contribution in [-0.4, -0.2) is 116 Å². The number of piperazine rings is 1. The number of fused-ring (bicyclic) bond motifs is 1. The lowest BCUT2D eigenvalue weighted by molar-refractivity contribution is -0.149. The molecule has 0 saturated carbocycles. The molecular weight excluding hydrogens is 848 g/mol. The van der Waals surface area contributed by atoms with E-state index in [0.717, 1.165) is 4.57 Å². The highest BCUT2D eigenvalue weighted by Crippen LogP contribution is 2.31. The van der Waals surface area contributed by atoms with Gasteiger partial charge in [-0.1, -0.05) is 30.7 Å². The van der Waals surface area contributed by atoms with Gasteiger partial charge in [0.05, 0.1) is 30.1 Å². The van der Waals surface area contributed by atoms with E-state index in [2.05, 4.69) is 31.5 Å². The van der Waals surface area contributed by atoms with Crippen LogP contribution in [0.5, 0.6) is 0 Å². The topological polar surface area (TPSA) is 221 Å². The minimum atomic E-state index is -1.22. The van der Waals surface area contributed by atoms with Crippen molar-refractivity contribution in [1.29, 1.82) is 0 Å². The highest BCUT2D eigenvalue weighted by molar-refractivity contribution is 6.41. The molecule has 19 nitrogen and oxygen atoms in total. The Morgan fingerprint density at radius 2 is 1.55 bits per heavy atom. The summed E-state index contributed by atoms with van der Waals surface area (Å²) >= 11 is 6.35. The number of nitrogens with zero attached hydrogens (tertiary/aromatic N) is 7. The second-order valence-electron chi connectivity index (χ2n) is 18.0. The van der Waals surface area contributed by atoms with Gasteiger partial charge in [0, 0.05) is 53.3 Å². The maximum Gasteiger partial charge on any atom is 0.419 e. The van der Waals surface area contributed by atoms with Gasteiger partial charge >= 0.3 is 29.9 Å². The number of benzene rings is 3. The predicted octanol–water partition coefficient (Wildman–Crippen LogP) is 5.59. The zero-order valence-corrected chi connectivity index (χ0v) is 37.2. The molecule has 0 spiro atoms. The Morgan fingerprint density at radius 3 is 2.19 bits per heavy atom. The van der Waals surface area contributed by atoms with E-state index >= 15 is 0 Å². The van der Waals surface area contributed by atoms with Crippen LogP contribution in [0.3, 0.4) is 0 Å². The Kier molecular flexibility index (Phi) is 12.5. The third kappa shape index (κ3) is 10.3. The first-order valence-corrected chi connectivity index (χ1v) is 20.8. The average molecular weight is 897 g/mol. The Hall–Kier alpha value is -6.86. The van der Waals surface area contributed by atoms with Crippen LogP contribution < -0.4 is 20.9 Å². The van der Waals surface area contributed by atoms with E-state index in [4.69, 9.17) is 25.8 Å². The van der Waals surface area contributed by atoms with Crippen LogP contribution >= 0.6 is 11.6 Å². The number of aromatic nitrogens is 5. The second-order valence-corrected chi connectivity index (χ2v) is 18.4. The number of ether oxygens (including phenoxy) is 3. The van der Waals surface area contributed by atoms with E-state index in [1.54, 1.807) is 96.1 Å². The fourth-order valence-corrected chi connectivity index (χ4v) is 7.34. The number of hydrogen-bond acceptors (Lipinski definition) is 12. The molecular formula is C44H49ClN10O9. The lowest BCUT2D eigenvalue weighted by Gasteiger charge is -2.38. The van der Waals surface area contributed by atoms with Crippen molar-refractivity contribution in [1.82, 2.24) is 35.0 Å². The Morgan fingerprint density at radius 1 is 0.844 bits per heavy atom. The molecule has 0 bridgehead atoms. The number of nitrogens with one attached hydrogen (secondary N) is 3. The number of esters is 1. The van der Waals surface area contributed by atoms with E-state index in [-0.39, 0.29) is 42.3 Å². The van der Waals surface area contributed by atoms with Gasteiger partial charge < -0.3 is 40.0 Å². The molecule has 0 aliphatic carbocycles. The number of halogens is 1. The number of hydrogen-bond donors (Lipinski definition) is 3. The predicted molar refractivity (Wildman–Crippen MR) is 235 cm³/mol. The molecule has 2 saturated heterocycles. The van der Waals surface area contributed by atoms with Crippen molar-refractivity contribution in [3.63, 3.8) is 0 Å². The fraction of sp³-hybridized carbons (Fsp3) is 0.386. The van der Waals surface area contributed by atoms with Gasteiger partial charge in [-0.3, -0.25) is 14.4 Å². The van der Waals surface area contributed by atoms with E-state index in [1.165, 1.54) is 32.9 Å². The number of rotatable bonds is 11. The van der Waals surface area contributed by atoms with Gasteiger partial charge in [0.15, 0.2) is 0 Å². The molecule has 5 amide bonds. The third-order valence-electron chi connectivity index (χ3n) is 10.2. The van der Waals surface area contributed by atoms with Gasteiger partial charge in [-0.2, -0.15) is 4.68 Å². The molecule has 7 rings (SSSR count). The van der Waals surface area contributed by atoms with Crippen LogP contribution in [0.15, 0.2) is 73.1 Å². The van der Waals surface area contributed by atoms with Gasteiger partial charge in [-0.15, -0.1) is 5.10 Å². The highest BCUT2D eigenvalue weighted by atomic mass is 35.5. The van der Waals surface area contributed by atoms with E-state index in [1.807, 2.05) is 6.92 Å². The Balaban J connectivity index is 1.17. The zero-order chi connectivity index (χ0) is 46.1. The number of urea groups is 1. The quantitative estimate of drug-likeness (QED) is 0.109. The lowest BCUT2D eigenvalue weighted by Crippen LogP contribution is -2.60. The number of amides is 5. The second kappa shape index (κ2) is 17.7. The van der Waals surface area contributed by atoms with Crippen molar-refractivity contribution in [2.75, 3.05) is 48.4 Å². The van der Waals surface area contributed by atoms with Crippen molar-refractivity contribution in [3.05, 3.63) is 89.3 Å². The maximum atomic E-state index is 14.5. The summed E-state index contributed by atoms with van der Waals surface area (Å²) in [6.07, 6.45) is 0.518. The minimum Gasteiger partial charge on any atom is -0.455 e. The highest BCUT2D eigenvalue weighted by Gasteiger charge is 2.41. The van der Waals surface area contributed by atoms with Gasteiger partial charge in [0.2, 0.25) is 5.91 Å². The van der Waals surface area contributed by atoms with Gasteiger partial charge in [0.1, 0.15) is 29.3 Å². The van der Waals surface area contributed by atoms with Crippen LogP contribution in [0.25, 0.3) is 16.6 Å². The number of anilines is 3. The molecule has 0 radical (unpaired) electrons. The maximum absolute atomic E-state index is 14.5. The third-order valence-corrected chi connectivity index (χ3v) is 10.5. The molecule has 3 aromatic carbocycles. The summed E-state index contributed by atoms with van der Waals surface area (Å²) in [6.45, 7) is 13.8. The molecule has 5 aromatic rings. The van der Waals surface area contributed by atoms with Crippen molar-refractivity contribution >= 4 is 75.4 Å². The molecule has 0 unspecified atom stereocenters. The van der Waals surface area contributed by atoms with Crippen LogP contribution in [0.1, 0.15) is 64.5 Å². The smallest absolute Gasteiger partial charge is 0.419 e. The summed E-state index contributed by atoms with van der Waals surface area (Å²) in [4.78, 5) is 84.8. The van der Waals surface area contributed by atoms with Crippen molar-refractivity contribution < 1.29 is 43.0 Å². The van der Waals surface area contributed by atoms with Crippen molar-refractivity contribution in [2.45, 2.75) is 72.1 Å². The molecule has 2 fully saturated rings. The lowest BCUT2D eigenvalue weighted by atomic mass is 9.89. The molecule has 2 aliphatic rings. The molecule has 2 aliphatic heterocycles. The summed E-state index contributed by atoms with van der Waals surface area (Å²) in [5.74, 6) is -3.24. The summed E-state index contributed by atoms with van der Waals surface area (Å²) in [5.41, 5.74) is 0.445. The molecule has 1 atom stereocenters. The Labute approximate surface area is 373 Å². The van der Waals surface area contributed by atoms with Gasteiger partial charge in [-0.25, -0.2) is 19.0 Å². The van der Waals surface area contributed by atoms with Crippen molar-refractivity contribution in [2.24, 2.45) is 5.41 Å². The molecule has 3 N–H and O–H groups in total. The molecule has 64 heavy (non-hydrogen) atoms. The molecule has 336 valence electrons. The monoisotopic (exact) mass is 896 g/mol. The number of tetrazole rings is 1. The fourth-order valence-electron chi connectivity index (χ4n) is 7.17. The van der Waals surface area contributed by atoms with Gasteiger partial charge in [0.25, 0.3) is 0 Å². The normalized spacial score (nSPS) is 15.6. The van der Waals surface area contributed by atoms with Crippen LogP contribution in [-0.2, 0) is 35.0 Å². The standard InChI is InChI=1S/C44H49ClN10O9/c1-42(2,3)63-39(59)35-20-27-19-30(13-15-31(27)55(35)41(61)64-43(4,5)6)48-36(56)34(18-26-8-11-29(12-9-26)49-40(60)46-22-44(7)23-62-24-44)53-17-16-52(37(57)38(53)58)33-21-28(45)10-14-32(33)54-25-47-50-51-54/h8-15,19-21,25,34H,16-18,22-24H2,1-7H3,(H,48,56)(H2,46,49,60)/t34-/m0/s1. The van der Waals surface area contributed by atoms with Crippen molar-refractivity contribution in [3.8, 4) is 5.69 Å². The van der Waals surface area contributed by atoms with Crippen LogP contribution in [0, 0.1) is 5.41 Å². The summed E-state index contributed by atoms with van der Waals surface area (Å²) in [6, 6.07) is 16.1.